The van der Waals surface area contributed by atoms with E-state index in [2.05, 4.69) is 15.6 Å². The Kier molecular flexibility index (Phi) is 5.32. The van der Waals surface area contributed by atoms with E-state index in [9.17, 15) is 8.42 Å². The van der Waals surface area contributed by atoms with Crippen molar-refractivity contribution in [2.24, 2.45) is 0 Å². The van der Waals surface area contributed by atoms with Crippen LogP contribution >= 0.6 is 11.6 Å². The van der Waals surface area contributed by atoms with Gasteiger partial charge in [-0.2, -0.15) is 0 Å². The van der Waals surface area contributed by atoms with E-state index in [4.69, 9.17) is 16.6 Å². The fraction of sp³-hybridized carbons (Fsp3) is 0.280. The lowest BCUT2D eigenvalue weighted by molar-refractivity contribution is 0.377. The van der Waals surface area contributed by atoms with Gasteiger partial charge in [0.05, 0.1) is 27.3 Å². The summed E-state index contributed by atoms with van der Waals surface area (Å²) in [6.45, 7) is 0. The molecule has 2 fully saturated rings. The third-order valence-electron chi connectivity index (χ3n) is 6.78. The fourth-order valence-corrected chi connectivity index (χ4v) is 6.81. The van der Waals surface area contributed by atoms with Gasteiger partial charge in [0.1, 0.15) is 0 Å². The maximum absolute atomic E-state index is 13.5. The molecule has 34 heavy (non-hydrogen) atoms. The molecule has 174 valence electrons. The Morgan fingerprint density at radius 2 is 1.71 bits per heavy atom. The van der Waals surface area contributed by atoms with Gasteiger partial charge in [0.25, 0.3) is 10.0 Å². The van der Waals surface area contributed by atoms with E-state index < -0.39 is 10.0 Å². The van der Waals surface area contributed by atoms with E-state index in [0.29, 0.717) is 45.9 Å². The van der Waals surface area contributed by atoms with Crippen molar-refractivity contribution >= 4 is 38.5 Å². The topological polar surface area (TPSA) is 88.9 Å². The number of benzene rings is 2. The molecule has 0 radical (unpaired) electrons. The van der Waals surface area contributed by atoms with Gasteiger partial charge in [0.2, 0.25) is 5.95 Å². The van der Waals surface area contributed by atoms with Gasteiger partial charge in [-0.15, -0.1) is 0 Å². The van der Waals surface area contributed by atoms with Crippen molar-refractivity contribution in [1.29, 1.82) is 0 Å². The molecule has 4 heterocycles. The van der Waals surface area contributed by atoms with E-state index in [-0.39, 0.29) is 4.90 Å². The van der Waals surface area contributed by atoms with E-state index in [0.717, 1.165) is 18.2 Å². The Morgan fingerprint density at radius 1 is 1.00 bits per heavy atom. The van der Waals surface area contributed by atoms with Gasteiger partial charge >= 0.3 is 0 Å². The van der Waals surface area contributed by atoms with Crippen LogP contribution in [0.25, 0.3) is 22.2 Å². The van der Waals surface area contributed by atoms with Crippen molar-refractivity contribution in [1.82, 2.24) is 19.3 Å². The van der Waals surface area contributed by atoms with Crippen molar-refractivity contribution in [3.05, 3.63) is 72.0 Å². The average Bonchev–Trinajstić information content (AvgIpc) is 3.41. The summed E-state index contributed by atoms with van der Waals surface area (Å²) in [4.78, 5) is 9.38. The fourth-order valence-electron chi connectivity index (χ4n) is 5.23. The highest BCUT2D eigenvalue weighted by Crippen LogP contribution is 2.36. The van der Waals surface area contributed by atoms with Gasteiger partial charge in [-0.1, -0.05) is 48.0 Å². The molecular weight excluding hydrogens is 470 g/mol. The largest absolute Gasteiger partial charge is 0.351 e. The van der Waals surface area contributed by atoms with Crippen molar-refractivity contribution < 1.29 is 8.42 Å². The van der Waals surface area contributed by atoms with E-state index in [1.165, 1.54) is 16.8 Å². The Labute approximate surface area is 203 Å². The van der Waals surface area contributed by atoms with Gasteiger partial charge in [-0.25, -0.2) is 22.4 Å². The minimum atomic E-state index is -3.80. The van der Waals surface area contributed by atoms with Crippen LogP contribution in [0.3, 0.4) is 0 Å². The number of fused-ring (bicyclic) bond motifs is 3. The number of anilines is 1. The summed E-state index contributed by atoms with van der Waals surface area (Å²) in [5.41, 5.74) is 1.73. The van der Waals surface area contributed by atoms with Crippen molar-refractivity contribution in [3.63, 3.8) is 0 Å². The number of hydrogen-bond donors (Lipinski definition) is 2. The molecule has 0 amide bonds. The lowest BCUT2D eigenvalue weighted by Crippen LogP contribution is -2.43. The minimum Gasteiger partial charge on any atom is -0.351 e. The van der Waals surface area contributed by atoms with Crippen LogP contribution in [0, 0.1) is 0 Å². The molecule has 4 aromatic rings. The highest BCUT2D eigenvalue weighted by molar-refractivity contribution is 7.90. The first-order valence-electron chi connectivity index (χ1n) is 11.5. The minimum absolute atomic E-state index is 0.221. The van der Waals surface area contributed by atoms with E-state index in [1.807, 2.05) is 18.2 Å². The lowest BCUT2D eigenvalue weighted by Gasteiger charge is -2.29. The van der Waals surface area contributed by atoms with Gasteiger partial charge in [-0.05, 0) is 43.9 Å². The summed E-state index contributed by atoms with van der Waals surface area (Å²) in [6.07, 6.45) is 7.68. The quantitative estimate of drug-likeness (QED) is 0.419. The smallest absolute Gasteiger partial charge is 0.268 e. The highest BCUT2D eigenvalue weighted by atomic mass is 35.5. The Bertz CT molecular complexity index is 1460. The van der Waals surface area contributed by atoms with Crippen LogP contribution < -0.4 is 10.6 Å². The zero-order valence-corrected chi connectivity index (χ0v) is 19.9. The van der Waals surface area contributed by atoms with Crippen LogP contribution in [0.15, 0.2) is 71.9 Å². The molecule has 3 atom stereocenters. The van der Waals surface area contributed by atoms with Gasteiger partial charge in [-0.3, -0.25) is 0 Å². The molecule has 0 aliphatic carbocycles. The Hall–Kier alpha value is -2.94. The van der Waals surface area contributed by atoms with Gasteiger partial charge < -0.3 is 10.6 Å². The monoisotopic (exact) mass is 493 g/mol. The first kappa shape index (κ1) is 21.6. The second kappa shape index (κ2) is 8.37. The van der Waals surface area contributed by atoms with Crippen LogP contribution in [-0.4, -0.2) is 40.5 Å². The number of piperidine rings is 1. The summed E-state index contributed by atoms with van der Waals surface area (Å²) in [5.74, 6) is 0.508. The molecule has 7 nitrogen and oxygen atoms in total. The SMILES string of the molecule is O=S(=O)(c1ccccc1)n1cc(-c2nc(N[C@@H]3C[C@H]4CC[C@@H](C3)N4)ncc2Cl)c2ccccc21. The highest BCUT2D eigenvalue weighted by Gasteiger charge is 2.33. The average molecular weight is 494 g/mol. The Morgan fingerprint density at radius 3 is 2.47 bits per heavy atom. The predicted molar refractivity (Wildman–Crippen MR) is 134 cm³/mol. The second-order valence-electron chi connectivity index (χ2n) is 9.01. The summed E-state index contributed by atoms with van der Waals surface area (Å²) >= 11 is 6.55. The zero-order chi connectivity index (χ0) is 23.3. The van der Waals surface area contributed by atoms with E-state index in [1.54, 1.807) is 48.8 Å². The summed E-state index contributed by atoms with van der Waals surface area (Å²) in [5, 5.41) is 8.25. The molecule has 0 spiro atoms. The molecular formula is C25H24ClN5O2S. The lowest BCUT2D eigenvalue weighted by atomic mass is 10.00. The van der Waals surface area contributed by atoms with Crippen LogP contribution in [0.5, 0.6) is 0 Å². The first-order valence-corrected chi connectivity index (χ1v) is 13.3. The second-order valence-corrected chi connectivity index (χ2v) is 11.2. The number of aromatic nitrogens is 3. The maximum Gasteiger partial charge on any atom is 0.268 e. The summed E-state index contributed by atoms with van der Waals surface area (Å²) in [6, 6.07) is 17.2. The molecule has 2 aromatic heterocycles. The van der Waals surface area contributed by atoms with Crippen LogP contribution in [-0.2, 0) is 10.0 Å². The van der Waals surface area contributed by atoms with Crippen LogP contribution in [0.4, 0.5) is 5.95 Å². The molecule has 2 aliphatic heterocycles. The number of nitrogens with zero attached hydrogens (tertiary/aromatic N) is 3. The number of hydrogen-bond acceptors (Lipinski definition) is 6. The van der Waals surface area contributed by atoms with Gasteiger partial charge in [0, 0.05) is 35.3 Å². The van der Waals surface area contributed by atoms with Crippen molar-refractivity contribution in [2.75, 3.05) is 5.32 Å². The summed E-state index contributed by atoms with van der Waals surface area (Å²) < 4.78 is 28.2. The number of para-hydroxylation sites is 1. The van der Waals surface area contributed by atoms with Crippen LogP contribution in [0.2, 0.25) is 5.02 Å². The normalized spacial score (nSPS) is 22.2. The third-order valence-corrected chi connectivity index (χ3v) is 8.75. The third kappa shape index (κ3) is 3.76. The van der Waals surface area contributed by atoms with Crippen molar-refractivity contribution in [3.8, 4) is 11.3 Å². The predicted octanol–water partition coefficient (Wildman–Crippen LogP) is 4.68. The molecule has 9 heteroatoms. The van der Waals surface area contributed by atoms with E-state index >= 15 is 0 Å². The number of halogens is 1. The molecule has 2 saturated heterocycles. The molecule has 2 aliphatic rings. The molecule has 2 bridgehead atoms. The van der Waals surface area contributed by atoms with Gasteiger partial charge in [0.15, 0.2) is 0 Å². The zero-order valence-electron chi connectivity index (χ0n) is 18.4. The first-order chi connectivity index (χ1) is 16.5. The number of rotatable bonds is 5. The standard InChI is InChI=1S/C25H24ClN5O2S/c26-22-14-27-25(29-18-12-16-10-11-17(13-18)28-16)30-24(22)21-15-31(23-9-5-4-8-20(21)23)34(32,33)19-6-2-1-3-7-19/h1-9,14-18,28H,10-13H2,(H,27,29,30)/t16-,17+,18-. The Balaban J connectivity index is 1.42. The molecule has 2 aromatic carbocycles. The summed E-state index contributed by atoms with van der Waals surface area (Å²) in [7, 11) is -3.80. The molecule has 0 saturated carbocycles. The molecule has 2 N–H and O–H groups in total. The number of nitrogens with one attached hydrogen (secondary N) is 2. The van der Waals surface area contributed by atoms with Crippen LogP contribution in [0.1, 0.15) is 25.7 Å². The van der Waals surface area contributed by atoms with Crippen molar-refractivity contribution in [2.45, 2.75) is 48.7 Å². The molecule has 0 unspecified atom stereocenters. The maximum atomic E-state index is 13.5. The molecule has 6 rings (SSSR count).